The Morgan fingerprint density at radius 2 is 2.33 bits per heavy atom. The van der Waals surface area contributed by atoms with Crippen LogP contribution in [0.5, 0.6) is 0 Å². The number of carbonyl (C=O) groups is 1. The maximum Gasteiger partial charge on any atom is 0.293 e. The van der Waals surface area contributed by atoms with Gasteiger partial charge < -0.3 is 5.73 Å². The van der Waals surface area contributed by atoms with E-state index in [0.717, 1.165) is 0 Å². The van der Waals surface area contributed by atoms with Gasteiger partial charge in [0.15, 0.2) is 0 Å². The zero-order chi connectivity index (χ0) is 11.3. The smallest absolute Gasteiger partial charge is 0.293 e. The summed E-state index contributed by atoms with van der Waals surface area (Å²) in [6.45, 7) is 4.46. The zero-order valence-electron chi connectivity index (χ0n) is 8.86. The average Bonchev–Trinajstić information content (AvgIpc) is 2.18. The molecule has 0 aliphatic rings. The lowest BCUT2D eigenvalue weighted by molar-refractivity contribution is 0.0205. The second-order valence-corrected chi connectivity index (χ2v) is 3.61. The summed E-state index contributed by atoms with van der Waals surface area (Å²) in [5.41, 5.74) is 8.56. The van der Waals surface area contributed by atoms with E-state index in [2.05, 4.69) is 10.5 Å². The van der Waals surface area contributed by atoms with E-state index in [-0.39, 0.29) is 11.6 Å². The number of anilines is 1. The van der Waals surface area contributed by atoms with E-state index in [1.165, 1.54) is 6.20 Å². The van der Waals surface area contributed by atoms with Gasteiger partial charge in [0.25, 0.3) is 5.91 Å². The standard InChI is InChI=1S/C10H15N3O2/c1-7(2)6-15-13-10(14)9-4-3-8(11)5-12-9/h3-5,7H,6,11H2,1-2H3,(H,13,14). The predicted octanol–water partition coefficient (Wildman–Crippen LogP) is 0.981. The maximum atomic E-state index is 11.4. The molecule has 1 aromatic heterocycles. The molecule has 1 rings (SSSR count). The third kappa shape index (κ3) is 3.95. The first-order valence-electron chi connectivity index (χ1n) is 4.73. The molecule has 0 bridgehead atoms. The van der Waals surface area contributed by atoms with Crippen LogP contribution < -0.4 is 11.2 Å². The van der Waals surface area contributed by atoms with Crippen LogP contribution in [0.2, 0.25) is 0 Å². The van der Waals surface area contributed by atoms with Gasteiger partial charge in [-0.2, -0.15) is 0 Å². The van der Waals surface area contributed by atoms with E-state index in [4.69, 9.17) is 10.6 Å². The summed E-state index contributed by atoms with van der Waals surface area (Å²) in [7, 11) is 0. The van der Waals surface area contributed by atoms with Crippen molar-refractivity contribution in [2.75, 3.05) is 12.3 Å². The maximum absolute atomic E-state index is 11.4. The molecule has 5 heteroatoms. The minimum atomic E-state index is -0.365. The molecule has 3 N–H and O–H groups in total. The van der Waals surface area contributed by atoms with E-state index in [1.807, 2.05) is 13.8 Å². The Morgan fingerprint density at radius 3 is 2.87 bits per heavy atom. The first kappa shape index (κ1) is 11.5. The minimum absolute atomic E-state index is 0.285. The van der Waals surface area contributed by atoms with Gasteiger partial charge in [-0.3, -0.25) is 9.63 Å². The summed E-state index contributed by atoms with van der Waals surface area (Å²) in [6.07, 6.45) is 1.43. The van der Waals surface area contributed by atoms with Crippen molar-refractivity contribution in [3.63, 3.8) is 0 Å². The molecule has 0 aliphatic heterocycles. The van der Waals surface area contributed by atoms with Crippen LogP contribution in [0, 0.1) is 5.92 Å². The highest BCUT2D eigenvalue weighted by atomic mass is 16.6. The van der Waals surface area contributed by atoms with Crippen molar-refractivity contribution in [1.82, 2.24) is 10.5 Å². The Morgan fingerprint density at radius 1 is 1.60 bits per heavy atom. The topological polar surface area (TPSA) is 77.2 Å². The van der Waals surface area contributed by atoms with Crippen molar-refractivity contribution in [2.45, 2.75) is 13.8 Å². The van der Waals surface area contributed by atoms with E-state index < -0.39 is 0 Å². The summed E-state index contributed by atoms with van der Waals surface area (Å²) < 4.78 is 0. The van der Waals surface area contributed by atoms with Gasteiger partial charge in [0.1, 0.15) is 5.69 Å². The minimum Gasteiger partial charge on any atom is -0.397 e. The molecule has 0 radical (unpaired) electrons. The van der Waals surface area contributed by atoms with E-state index in [9.17, 15) is 4.79 Å². The lowest BCUT2D eigenvalue weighted by Crippen LogP contribution is -2.26. The number of nitrogens with two attached hydrogens (primary N) is 1. The van der Waals surface area contributed by atoms with Gasteiger partial charge in [-0.15, -0.1) is 0 Å². The number of nitrogens with zero attached hydrogens (tertiary/aromatic N) is 1. The number of aromatic nitrogens is 1. The Bertz CT molecular complexity index is 322. The molecule has 82 valence electrons. The van der Waals surface area contributed by atoms with Gasteiger partial charge in [0, 0.05) is 0 Å². The second-order valence-electron chi connectivity index (χ2n) is 3.61. The normalized spacial score (nSPS) is 10.3. The molecule has 15 heavy (non-hydrogen) atoms. The summed E-state index contributed by atoms with van der Waals surface area (Å²) in [6, 6.07) is 3.16. The Hall–Kier alpha value is -1.62. The van der Waals surface area contributed by atoms with Crippen molar-refractivity contribution in [1.29, 1.82) is 0 Å². The quantitative estimate of drug-likeness (QED) is 0.725. The van der Waals surface area contributed by atoms with Crippen LogP contribution in [0.4, 0.5) is 5.69 Å². The summed E-state index contributed by atoms with van der Waals surface area (Å²) in [5, 5.41) is 0. The van der Waals surface area contributed by atoms with Crippen molar-refractivity contribution in [2.24, 2.45) is 5.92 Å². The highest BCUT2D eigenvalue weighted by molar-refractivity contribution is 5.91. The van der Waals surface area contributed by atoms with Gasteiger partial charge in [-0.25, -0.2) is 10.5 Å². The molecule has 5 nitrogen and oxygen atoms in total. The van der Waals surface area contributed by atoms with E-state index >= 15 is 0 Å². The fourth-order valence-corrected chi connectivity index (χ4v) is 0.866. The predicted molar refractivity (Wildman–Crippen MR) is 56.9 cm³/mol. The van der Waals surface area contributed by atoms with Gasteiger partial charge in [0.05, 0.1) is 18.5 Å². The molecule has 1 heterocycles. The SMILES string of the molecule is CC(C)CONC(=O)c1ccc(N)cn1. The molecule has 1 aromatic rings. The van der Waals surface area contributed by atoms with Crippen LogP contribution in [-0.2, 0) is 4.84 Å². The number of pyridine rings is 1. The van der Waals surface area contributed by atoms with E-state index in [0.29, 0.717) is 18.2 Å². The zero-order valence-corrected chi connectivity index (χ0v) is 8.86. The summed E-state index contributed by atoms with van der Waals surface area (Å²) >= 11 is 0. The highest BCUT2D eigenvalue weighted by Crippen LogP contribution is 2.00. The summed E-state index contributed by atoms with van der Waals surface area (Å²) in [4.78, 5) is 20.2. The molecule has 0 saturated carbocycles. The second kappa shape index (κ2) is 5.31. The number of hydrogen-bond donors (Lipinski definition) is 2. The van der Waals surface area contributed by atoms with Crippen LogP contribution in [0.1, 0.15) is 24.3 Å². The molecular formula is C10H15N3O2. The number of hydrogen-bond acceptors (Lipinski definition) is 4. The van der Waals surface area contributed by atoms with Crippen LogP contribution in [0.25, 0.3) is 0 Å². The molecule has 0 fully saturated rings. The molecule has 0 spiro atoms. The number of hydroxylamine groups is 1. The lowest BCUT2D eigenvalue weighted by Gasteiger charge is -2.07. The van der Waals surface area contributed by atoms with Gasteiger partial charge >= 0.3 is 0 Å². The fourth-order valence-electron chi connectivity index (χ4n) is 0.866. The first-order valence-corrected chi connectivity index (χ1v) is 4.73. The van der Waals surface area contributed by atoms with Crippen molar-refractivity contribution in [3.8, 4) is 0 Å². The molecule has 1 amide bonds. The van der Waals surface area contributed by atoms with Crippen LogP contribution in [0.15, 0.2) is 18.3 Å². The molecule has 0 unspecified atom stereocenters. The van der Waals surface area contributed by atoms with Crippen molar-refractivity contribution < 1.29 is 9.63 Å². The third-order valence-electron chi connectivity index (χ3n) is 1.60. The Balaban J connectivity index is 2.43. The number of rotatable bonds is 4. The monoisotopic (exact) mass is 209 g/mol. The molecule has 0 saturated heterocycles. The highest BCUT2D eigenvalue weighted by Gasteiger charge is 2.06. The first-order chi connectivity index (χ1) is 7.09. The largest absolute Gasteiger partial charge is 0.397 e. The average molecular weight is 209 g/mol. The molecule has 0 aromatic carbocycles. The van der Waals surface area contributed by atoms with Crippen molar-refractivity contribution in [3.05, 3.63) is 24.0 Å². The third-order valence-corrected chi connectivity index (χ3v) is 1.60. The van der Waals surface area contributed by atoms with Gasteiger partial charge in [-0.1, -0.05) is 13.8 Å². The number of nitrogen functional groups attached to an aromatic ring is 1. The molecule has 0 aliphatic carbocycles. The van der Waals surface area contributed by atoms with Crippen LogP contribution in [0.3, 0.4) is 0 Å². The Kier molecular flexibility index (Phi) is 4.05. The fraction of sp³-hybridized carbons (Fsp3) is 0.400. The Labute approximate surface area is 88.6 Å². The summed E-state index contributed by atoms with van der Waals surface area (Å²) in [5.74, 6) is 0.000303. The molecular weight excluding hydrogens is 194 g/mol. The van der Waals surface area contributed by atoms with Crippen LogP contribution in [-0.4, -0.2) is 17.5 Å². The van der Waals surface area contributed by atoms with E-state index in [1.54, 1.807) is 12.1 Å². The number of nitrogens with one attached hydrogen (secondary N) is 1. The van der Waals surface area contributed by atoms with Crippen LogP contribution >= 0.6 is 0 Å². The molecule has 0 atom stereocenters. The number of carbonyl (C=O) groups excluding carboxylic acids is 1. The lowest BCUT2D eigenvalue weighted by atomic mass is 10.2. The number of amides is 1. The van der Waals surface area contributed by atoms with Gasteiger partial charge in [0.2, 0.25) is 0 Å². The van der Waals surface area contributed by atoms with Gasteiger partial charge in [-0.05, 0) is 18.1 Å². The van der Waals surface area contributed by atoms with Crippen molar-refractivity contribution >= 4 is 11.6 Å².